The standard InChI is InChI=1S/C8H18N2O3/c9-3-6-12-4-1-2-5-13-7-8(10)11/h1-7,9H2,(H2,10,11). The molecule has 0 aliphatic rings. The molecule has 4 N–H and O–H groups in total. The van der Waals surface area contributed by atoms with Gasteiger partial charge in [0, 0.05) is 19.8 Å². The van der Waals surface area contributed by atoms with Crippen LogP contribution in [0.25, 0.3) is 0 Å². The first-order valence-electron chi connectivity index (χ1n) is 4.41. The van der Waals surface area contributed by atoms with E-state index < -0.39 is 5.91 Å². The van der Waals surface area contributed by atoms with Crippen molar-refractivity contribution in [1.29, 1.82) is 0 Å². The molecule has 0 aromatic heterocycles. The predicted molar refractivity (Wildman–Crippen MR) is 49.1 cm³/mol. The highest BCUT2D eigenvalue weighted by molar-refractivity contribution is 5.74. The highest BCUT2D eigenvalue weighted by Gasteiger charge is 1.93. The lowest BCUT2D eigenvalue weighted by Gasteiger charge is -2.02. The van der Waals surface area contributed by atoms with E-state index in [2.05, 4.69) is 0 Å². The maximum Gasteiger partial charge on any atom is 0.243 e. The number of rotatable bonds is 9. The number of ether oxygens (including phenoxy) is 2. The van der Waals surface area contributed by atoms with Gasteiger partial charge in [0.05, 0.1) is 6.61 Å². The third-order valence-electron chi connectivity index (χ3n) is 1.33. The van der Waals surface area contributed by atoms with E-state index in [4.69, 9.17) is 20.9 Å². The van der Waals surface area contributed by atoms with Gasteiger partial charge >= 0.3 is 0 Å². The van der Waals surface area contributed by atoms with Crippen LogP contribution < -0.4 is 11.5 Å². The Morgan fingerprint density at radius 1 is 1.08 bits per heavy atom. The van der Waals surface area contributed by atoms with Crippen LogP contribution in [0.15, 0.2) is 0 Å². The van der Waals surface area contributed by atoms with Gasteiger partial charge in [-0.1, -0.05) is 0 Å². The number of hydrogen-bond acceptors (Lipinski definition) is 4. The van der Waals surface area contributed by atoms with Crippen molar-refractivity contribution in [3.63, 3.8) is 0 Å². The summed E-state index contributed by atoms with van der Waals surface area (Å²) in [6.45, 7) is 2.40. The van der Waals surface area contributed by atoms with Crippen molar-refractivity contribution in [2.24, 2.45) is 11.5 Å². The highest BCUT2D eigenvalue weighted by atomic mass is 16.5. The van der Waals surface area contributed by atoms with Crippen molar-refractivity contribution in [3.8, 4) is 0 Å². The second-order valence-corrected chi connectivity index (χ2v) is 2.63. The van der Waals surface area contributed by atoms with Crippen LogP contribution in [0.1, 0.15) is 12.8 Å². The summed E-state index contributed by atoms with van der Waals surface area (Å²) in [7, 11) is 0. The smallest absolute Gasteiger partial charge is 0.243 e. The first-order valence-corrected chi connectivity index (χ1v) is 4.41. The van der Waals surface area contributed by atoms with E-state index in [-0.39, 0.29) is 6.61 Å². The second kappa shape index (κ2) is 9.44. The highest BCUT2D eigenvalue weighted by Crippen LogP contribution is 1.90. The summed E-state index contributed by atoms with van der Waals surface area (Å²) in [5.74, 6) is -0.431. The van der Waals surface area contributed by atoms with Crippen molar-refractivity contribution in [3.05, 3.63) is 0 Å². The molecule has 0 aromatic rings. The van der Waals surface area contributed by atoms with Crippen molar-refractivity contribution in [2.75, 3.05) is 33.0 Å². The number of amides is 1. The SMILES string of the molecule is NCCOCCCCOCC(N)=O. The molecule has 0 spiro atoms. The molecule has 0 saturated carbocycles. The first kappa shape index (κ1) is 12.3. The molecule has 1 amide bonds. The predicted octanol–water partition coefficient (Wildman–Crippen LogP) is -0.756. The van der Waals surface area contributed by atoms with Crippen LogP contribution in [0.2, 0.25) is 0 Å². The quantitative estimate of drug-likeness (QED) is 0.468. The lowest BCUT2D eigenvalue weighted by atomic mass is 10.3. The Morgan fingerprint density at radius 2 is 1.69 bits per heavy atom. The lowest BCUT2D eigenvalue weighted by Crippen LogP contribution is -2.18. The number of unbranched alkanes of at least 4 members (excludes halogenated alkanes) is 1. The molecule has 0 heterocycles. The Hall–Kier alpha value is -0.650. The summed E-state index contributed by atoms with van der Waals surface area (Å²) in [5.41, 5.74) is 10.1. The van der Waals surface area contributed by atoms with Gasteiger partial charge in [0.15, 0.2) is 0 Å². The van der Waals surface area contributed by atoms with Gasteiger partial charge in [0.2, 0.25) is 5.91 Å². The molecule has 0 aliphatic heterocycles. The van der Waals surface area contributed by atoms with Crippen molar-refractivity contribution in [1.82, 2.24) is 0 Å². The number of carbonyl (C=O) groups is 1. The zero-order valence-corrected chi connectivity index (χ0v) is 7.83. The van der Waals surface area contributed by atoms with Crippen molar-refractivity contribution in [2.45, 2.75) is 12.8 Å². The van der Waals surface area contributed by atoms with Gasteiger partial charge in [-0.2, -0.15) is 0 Å². The van der Waals surface area contributed by atoms with Gasteiger partial charge in [-0.3, -0.25) is 4.79 Å². The van der Waals surface area contributed by atoms with E-state index in [0.717, 1.165) is 12.8 Å². The van der Waals surface area contributed by atoms with E-state index in [1.165, 1.54) is 0 Å². The Balaban J connectivity index is 2.87. The van der Waals surface area contributed by atoms with E-state index in [0.29, 0.717) is 26.4 Å². The molecule has 0 radical (unpaired) electrons. The van der Waals surface area contributed by atoms with Gasteiger partial charge in [0.25, 0.3) is 0 Å². The zero-order valence-electron chi connectivity index (χ0n) is 7.83. The van der Waals surface area contributed by atoms with Gasteiger partial charge in [-0.05, 0) is 12.8 Å². The van der Waals surface area contributed by atoms with Gasteiger partial charge in [-0.15, -0.1) is 0 Å². The first-order chi connectivity index (χ1) is 6.27. The molecule has 0 saturated heterocycles. The van der Waals surface area contributed by atoms with Crippen LogP contribution in [0.3, 0.4) is 0 Å². The van der Waals surface area contributed by atoms with Gasteiger partial charge in [0.1, 0.15) is 6.61 Å². The Labute approximate surface area is 78.4 Å². The molecule has 13 heavy (non-hydrogen) atoms. The lowest BCUT2D eigenvalue weighted by molar-refractivity contribution is -0.122. The Morgan fingerprint density at radius 3 is 2.23 bits per heavy atom. The molecule has 0 atom stereocenters. The van der Waals surface area contributed by atoms with Crippen LogP contribution in [0, 0.1) is 0 Å². The normalized spacial score (nSPS) is 10.2. The number of hydrogen-bond donors (Lipinski definition) is 2. The number of carbonyl (C=O) groups excluding carboxylic acids is 1. The fourth-order valence-corrected chi connectivity index (χ4v) is 0.766. The number of nitrogens with two attached hydrogens (primary N) is 2. The van der Waals surface area contributed by atoms with Crippen LogP contribution in [-0.2, 0) is 14.3 Å². The van der Waals surface area contributed by atoms with Gasteiger partial charge < -0.3 is 20.9 Å². The molecule has 0 bridgehead atoms. The molecule has 0 aliphatic carbocycles. The maximum absolute atomic E-state index is 10.2. The summed E-state index contributed by atoms with van der Waals surface area (Å²) in [6.07, 6.45) is 1.79. The van der Waals surface area contributed by atoms with Crippen molar-refractivity contribution < 1.29 is 14.3 Å². The van der Waals surface area contributed by atoms with Crippen LogP contribution in [-0.4, -0.2) is 38.9 Å². The molecule has 5 nitrogen and oxygen atoms in total. The molecule has 0 fully saturated rings. The number of primary amides is 1. The zero-order chi connectivity index (χ0) is 9.94. The Kier molecular flexibility index (Phi) is 8.97. The van der Waals surface area contributed by atoms with E-state index in [1.807, 2.05) is 0 Å². The summed E-state index contributed by atoms with van der Waals surface area (Å²) >= 11 is 0. The maximum atomic E-state index is 10.2. The van der Waals surface area contributed by atoms with E-state index in [9.17, 15) is 4.79 Å². The summed E-state index contributed by atoms with van der Waals surface area (Å²) in [5, 5.41) is 0. The fourth-order valence-electron chi connectivity index (χ4n) is 0.766. The molecule has 0 rings (SSSR count). The van der Waals surface area contributed by atoms with Crippen LogP contribution in [0.4, 0.5) is 0 Å². The van der Waals surface area contributed by atoms with Crippen molar-refractivity contribution >= 4 is 5.91 Å². The van der Waals surface area contributed by atoms with Crippen LogP contribution >= 0.6 is 0 Å². The topological polar surface area (TPSA) is 87.6 Å². The second-order valence-electron chi connectivity index (χ2n) is 2.63. The van der Waals surface area contributed by atoms with Crippen LogP contribution in [0.5, 0.6) is 0 Å². The molecule has 78 valence electrons. The summed E-state index contributed by atoms with van der Waals surface area (Å²) < 4.78 is 10.1. The molecule has 5 heteroatoms. The summed E-state index contributed by atoms with van der Waals surface area (Å²) in [4.78, 5) is 10.2. The summed E-state index contributed by atoms with van der Waals surface area (Å²) in [6, 6.07) is 0. The third-order valence-corrected chi connectivity index (χ3v) is 1.33. The molecule has 0 unspecified atom stereocenters. The monoisotopic (exact) mass is 190 g/mol. The van der Waals surface area contributed by atoms with Gasteiger partial charge in [-0.25, -0.2) is 0 Å². The molecular formula is C8H18N2O3. The minimum absolute atomic E-state index is 0.00363. The average molecular weight is 190 g/mol. The minimum atomic E-state index is -0.431. The van der Waals surface area contributed by atoms with E-state index in [1.54, 1.807) is 0 Å². The molecule has 0 aromatic carbocycles. The third kappa shape index (κ3) is 11.3. The average Bonchev–Trinajstić information content (AvgIpc) is 2.09. The van der Waals surface area contributed by atoms with E-state index >= 15 is 0 Å². The fraction of sp³-hybridized carbons (Fsp3) is 0.875. The minimum Gasteiger partial charge on any atom is -0.380 e. The Bertz CT molecular complexity index is 131. The largest absolute Gasteiger partial charge is 0.380 e. The molecular weight excluding hydrogens is 172 g/mol.